The highest BCUT2D eigenvalue weighted by Gasteiger charge is 2.02. The molecule has 0 fully saturated rings. The van der Waals surface area contributed by atoms with Crippen molar-refractivity contribution in [3.63, 3.8) is 0 Å². The Balaban J connectivity index is 2.36. The lowest BCUT2D eigenvalue weighted by atomic mass is 10.2. The fourth-order valence-electron chi connectivity index (χ4n) is 1.26. The molecule has 0 aliphatic heterocycles. The zero-order chi connectivity index (χ0) is 11.4. The number of hydrogen-bond acceptors (Lipinski definition) is 5. The highest BCUT2D eigenvalue weighted by atomic mass is 35.5. The first-order valence-corrected chi connectivity index (χ1v) is 5.06. The molecule has 5 nitrogen and oxygen atoms in total. The van der Waals surface area contributed by atoms with E-state index in [2.05, 4.69) is 26.0 Å². The molecular weight excluding hydrogens is 226 g/mol. The minimum atomic E-state index is 0.417. The van der Waals surface area contributed by atoms with Crippen molar-refractivity contribution in [1.29, 1.82) is 0 Å². The van der Waals surface area contributed by atoms with E-state index < -0.39 is 0 Å². The summed E-state index contributed by atoms with van der Waals surface area (Å²) >= 11 is 5.90. The highest BCUT2D eigenvalue weighted by Crippen LogP contribution is 2.20. The van der Waals surface area contributed by atoms with Crippen LogP contribution in [0, 0.1) is 0 Å². The summed E-state index contributed by atoms with van der Waals surface area (Å²) in [6.45, 7) is 0. The standard InChI is InChI=1S/C10H10ClN5/c1-12-15-10-14-9(6-13-16-10)7-3-2-4-8(11)5-7/h2-6,12H,1H3,(H,14,15,16). The second-order valence-corrected chi connectivity index (χ2v) is 3.49. The Morgan fingerprint density at radius 3 is 2.94 bits per heavy atom. The van der Waals surface area contributed by atoms with Crippen LogP contribution in [0.1, 0.15) is 0 Å². The molecule has 0 aliphatic carbocycles. The Kier molecular flexibility index (Phi) is 3.28. The number of aromatic nitrogens is 3. The second-order valence-electron chi connectivity index (χ2n) is 3.05. The van der Waals surface area contributed by atoms with Gasteiger partial charge in [-0.05, 0) is 12.1 Å². The first kappa shape index (κ1) is 10.8. The van der Waals surface area contributed by atoms with E-state index >= 15 is 0 Å². The number of hydrazine groups is 1. The van der Waals surface area contributed by atoms with Gasteiger partial charge in [0, 0.05) is 17.6 Å². The van der Waals surface area contributed by atoms with Gasteiger partial charge in [-0.3, -0.25) is 5.43 Å². The lowest BCUT2D eigenvalue weighted by Crippen LogP contribution is -2.17. The lowest BCUT2D eigenvalue weighted by Gasteiger charge is -2.04. The molecular formula is C10H10ClN5. The van der Waals surface area contributed by atoms with E-state index in [9.17, 15) is 0 Å². The quantitative estimate of drug-likeness (QED) is 0.794. The summed E-state index contributed by atoms with van der Waals surface area (Å²) in [7, 11) is 1.73. The molecule has 2 N–H and O–H groups in total. The van der Waals surface area contributed by atoms with Gasteiger partial charge in [0.1, 0.15) is 0 Å². The third-order valence-electron chi connectivity index (χ3n) is 1.92. The van der Waals surface area contributed by atoms with E-state index in [1.165, 1.54) is 0 Å². The number of rotatable bonds is 3. The van der Waals surface area contributed by atoms with Crippen LogP contribution >= 0.6 is 11.6 Å². The summed E-state index contributed by atoms with van der Waals surface area (Å²) in [5.74, 6) is 0.417. The highest BCUT2D eigenvalue weighted by molar-refractivity contribution is 6.30. The maximum atomic E-state index is 5.90. The van der Waals surface area contributed by atoms with E-state index in [-0.39, 0.29) is 0 Å². The minimum absolute atomic E-state index is 0.417. The van der Waals surface area contributed by atoms with Crippen LogP contribution in [0.15, 0.2) is 30.5 Å². The van der Waals surface area contributed by atoms with Crippen LogP contribution in [0.25, 0.3) is 11.3 Å². The molecule has 0 unspecified atom stereocenters. The van der Waals surface area contributed by atoms with Crippen molar-refractivity contribution >= 4 is 17.5 Å². The SMILES string of the molecule is CNNc1nncc(-c2cccc(Cl)c2)n1. The fourth-order valence-corrected chi connectivity index (χ4v) is 1.45. The predicted molar refractivity (Wildman–Crippen MR) is 63.0 cm³/mol. The Hall–Kier alpha value is -1.72. The van der Waals surface area contributed by atoms with Gasteiger partial charge >= 0.3 is 0 Å². The summed E-state index contributed by atoms with van der Waals surface area (Å²) in [6.07, 6.45) is 1.59. The molecule has 6 heteroatoms. The summed E-state index contributed by atoms with van der Waals surface area (Å²) in [5.41, 5.74) is 7.12. The normalized spacial score (nSPS) is 10.1. The van der Waals surface area contributed by atoms with Crippen molar-refractivity contribution in [2.24, 2.45) is 0 Å². The molecule has 2 aromatic rings. The van der Waals surface area contributed by atoms with Crippen LogP contribution in [0.4, 0.5) is 5.95 Å². The molecule has 0 atom stereocenters. The van der Waals surface area contributed by atoms with Crippen molar-refractivity contribution in [2.45, 2.75) is 0 Å². The molecule has 2 rings (SSSR count). The smallest absolute Gasteiger partial charge is 0.257 e. The van der Waals surface area contributed by atoms with Crippen molar-refractivity contribution < 1.29 is 0 Å². The van der Waals surface area contributed by atoms with Crippen LogP contribution in [0.2, 0.25) is 5.02 Å². The average Bonchev–Trinajstić information content (AvgIpc) is 2.30. The number of hydrogen-bond donors (Lipinski definition) is 2. The molecule has 1 aromatic carbocycles. The minimum Gasteiger partial charge on any atom is -0.289 e. The van der Waals surface area contributed by atoms with E-state index in [1.807, 2.05) is 24.3 Å². The van der Waals surface area contributed by atoms with Gasteiger partial charge in [0.25, 0.3) is 5.95 Å². The van der Waals surface area contributed by atoms with Crippen LogP contribution in [0.5, 0.6) is 0 Å². The van der Waals surface area contributed by atoms with Crippen molar-refractivity contribution in [2.75, 3.05) is 12.5 Å². The summed E-state index contributed by atoms with van der Waals surface area (Å²) in [5, 5.41) is 8.33. The molecule has 82 valence electrons. The van der Waals surface area contributed by atoms with Crippen molar-refractivity contribution in [3.8, 4) is 11.3 Å². The van der Waals surface area contributed by atoms with Crippen LogP contribution in [-0.4, -0.2) is 22.2 Å². The number of benzene rings is 1. The van der Waals surface area contributed by atoms with E-state index in [4.69, 9.17) is 11.6 Å². The lowest BCUT2D eigenvalue weighted by molar-refractivity contribution is 0.893. The topological polar surface area (TPSA) is 62.7 Å². The Labute approximate surface area is 97.9 Å². The van der Waals surface area contributed by atoms with E-state index in [0.717, 1.165) is 11.3 Å². The van der Waals surface area contributed by atoms with Gasteiger partial charge < -0.3 is 0 Å². The zero-order valence-corrected chi connectivity index (χ0v) is 9.36. The van der Waals surface area contributed by atoms with Gasteiger partial charge in [-0.15, -0.1) is 5.10 Å². The predicted octanol–water partition coefficient (Wildman–Crippen LogP) is 1.74. The zero-order valence-electron chi connectivity index (χ0n) is 8.61. The van der Waals surface area contributed by atoms with Crippen LogP contribution in [-0.2, 0) is 0 Å². The summed E-state index contributed by atoms with van der Waals surface area (Å²) in [6, 6.07) is 7.42. The maximum Gasteiger partial charge on any atom is 0.257 e. The van der Waals surface area contributed by atoms with Gasteiger partial charge in [-0.1, -0.05) is 23.7 Å². The number of anilines is 1. The van der Waals surface area contributed by atoms with Gasteiger partial charge in [0.2, 0.25) is 0 Å². The Morgan fingerprint density at radius 2 is 2.19 bits per heavy atom. The Morgan fingerprint density at radius 1 is 1.31 bits per heavy atom. The van der Waals surface area contributed by atoms with E-state index in [1.54, 1.807) is 13.2 Å². The number of nitrogens with zero attached hydrogens (tertiary/aromatic N) is 3. The third kappa shape index (κ3) is 2.44. The maximum absolute atomic E-state index is 5.90. The van der Waals surface area contributed by atoms with Gasteiger partial charge in [0.15, 0.2) is 0 Å². The van der Waals surface area contributed by atoms with Gasteiger partial charge in [0.05, 0.1) is 11.9 Å². The van der Waals surface area contributed by atoms with Gasteiger partial charge in [-0.2, -0.15) is 5.10 Å². The third-order valence-corrected chi connectivity index (χ3v) is 2.15. The summed E-state index contributed by atoms with van der Waals surface area (Å²) in [4.78, 5) is 4.27. The second kappa shape index (κ2) is 4.87. The monoisotopic (exact) mass is 235 g/mol. The molecule has 0 saturated heterocycles. The fraction of sp³-hybridized carbons (Fsp3) is 0.100. The molecule has 0 radical (unpaired) electrons. The molecule has 1 aromatic heterocycles. The van der Waals surface area contributed by atoms with Crippen molar-refractivity contribution in [3.05, 3.63) is 35.5 Å². The van der Waals surface area contributed by atoms with Gasteiger partial charge in [-0.25, -0.2) is 10.4 Å². The molecule has 0 spiro atoms. The molecule has 0 amide bonds. The molecule has 16 heavy (non-hydrogen) atoms. The first-order valence-electron chi connectivity index (χ1n) is 4.68. The van der Waals surface area contributed by atoms with Crippen molar-refractivity contribution in [1.82, 2.24) is 20.6 Å². The Bertz CT molecular complexity index is 488. The number of halogens is 1. The first-order chi connectivity index (χ1) is 7.79. The molecule has 1 heterocycles. The van der Waals surface area contributed by atoms with Crippen LogP contribution in [0.3, 0.4) is 0 Å². The largest absolute Gasteiger partial charge is 0.289 e. The molecule has 0 bridgehead atoms. The molecule has 0 saturated carbocycles. The summed E-state index contributed by atoms with van der Waals surface area (Å²) < 4.78 is 0. The van der Waals surface area contributed by atoms with Crippen LogP contribution < -0.4 is 10.9 Å². The number of nitrogens with one attached hydrogen (secondary N) is 2. The molecule has 0 aliphatic rings. The average molecular weight is 236 g/mol. The van der Waals surface area contributed by atoms with E-state index in [0.29, 0.717) is 11.0 Å².